The van der Waals surface area contributed by atoms with Crippen molar-refractivity contribution < 1.29 is 14.3 Å². The summed E-state index contributed by atoms with van der Waals surface area (Å²) in [5.74, 6) is 1.46. The number of methoxy groups -OCH3 is 2. The second-order valence-electron chi connectivity index (χ2n) is 4.38. The Balaban J connectivity index is 2.16. The van der Waals surface area contributed by atoms with Crippen LogP contribution in [0.1, 0.15) is 11.1 Å². The Morgan fingerprint density at radius 1 is 1.19 bits per heavy atom. The molecule has 1 heterocycles. The summed E-state index contributed by atoms with van der Waals surface area (Å²) in [6, 6.07) is 5.32. The van der Waals surface area contributed by atoms with Gasteiger partial charge < -0.3 is 9.47 Å². The minimum atomic E-state index is -0.205. The first kappa shape index (κ1) is 14.8. The second kappa shape index (κ2) is 6.69. The zero-order valence-electron chi connectivity index (χ0n) is 12.2. The van der Waals surface area contributed by atoms with E-state index in [0.717, 1.165) is 16.9 Å². The number of benzene rings is 1. The van der Waals surface area contributed by atoms with Crippen molar-refractivity contribution in [3.8, 4) is 11.5 Å². The molecule has 0 radical (unpaired) electrons. The summed E-state index contributed by atoms with van der Waals surface area (Å²) in [6.45, 7) is 1.89. The van der Waals surface area contributed by atoms with Crippen molar-refractivity contribution in [2.45, 2.75) is 13.3 Å². The van der Waals surface area contributed by atoms with Crippen LogP contribution in [0.25, 0.3) is 0 Å². The number of nitrogens with zero attached hydrogens (tertiary/aromatic N) is 2. The first-order chi connectivity index (χ1) is 10.2. The smallest absolute Gasteiger partial charge is 0.231 e. The maximum Gasteiger partial charge on any atom is 0.231 e. The van der Waals surface area contributed by atoms with Gasteiger partial charge in [0.25, 0.3) is 0 Å². The maximum atomic E-state index is 12.0. The largest absolute Gasteiger partial charge is 0.496 e. The van der Waals surface area contributed by atoms with Gasteiger partial charge >= 0.3 is 0 Å². The fraction of sp³-hybridized carbons (Fsp3) is 0.267. The third-order valence-electron chi connectivity index (χ3n) is 3.03. The van der Waals surface area contributed by atoms with Crippen molar-refractivity contribution in [2.75, 3.05) is 19.5 Å². The molecule has 0 fully saturated rings. The van der Waals surface area contributed by atoms with E-state index in [0.29, 0.717) is 5.75 Å². The van der Waals surface area contributed by atoms with Gasteiger partial charge in [0.1, 0.15) is 11.5 Å². The quantitative estimate of drug-likeness (QED) is 0.910. The SMILES string of the molecule is COc1ccc(CC(=O)Nc2ncccn2)c(OC)c1C. The van der Waals surface area contributed by atoms with Crippen molar-refractivity contribution in [3.05, 3.63) is 41.7 Å². The average Bonchev–Trinajstić information content (AvgIpc) is 2.48. The Labute approximate surface area is 123 Å². The van der Waals surface area contributed by atoms with E-state index < -0.39 is 0 Å². The third kappa shape index (κ3) is 3.47. The lowest BCUT2D eigenvalue weighted by Crippen LogP contribution is -2.16. The number of hydrogen-bond donors (Lipinski definition) is 1. The number of ether oxygens (including phenoxy) is 2. The van der Waals surface area contributed by atoms with Crippen LogP contribution in [0.5, 0.6) is 11.5 Å². The molecular weight excluding hydrogens is 270 g/mol. The fourth-order valence-corrected chi connectivity index (χ4v) is 2.08. The first-order valence-corrected chi connectivity index (χ1v) is 6.43. The second-order valence-corrected chi connectivity index (χ2v) is 4.38. The number of nitrogens with one attached hydrogen (secondary N) is 1. The zero-order chi connectivity index (χ0) is 15.2. The highest BCUT2D eigenvalue weighted by atomic mass is 16.5. The van der Waals surface area contributed by atoms with Gasteiger partial charge in [-0.15, -0.1) is 0 Å². The molecule has 0 saturated heterocycles. The number of amides is 1. The van der Waals surface area contributed by atoms with Gasteiger partial charge in [-0.25, -0.2) is 9.97 Å². The van der Waals surface area contributed by atoms with Crippen molar-refractivity contribution in [1.29, 1.82) is 0 Å². The number of carbonyl (C=O) groups excluding carboxylic acids is 1. The van der Waals surface area contributed by atoms with Crippen LogP contribution in [0.3, 0.4) is 0 Å². The summed E-state index contributed by atoms with van der Waals surface area (Å²) in [6.07, 6.45) is 3.31. The first-order valence-electron chi connectivity index (χ1n) is 6.43. The minimum absolute atomic E-state index is 0.173. The molecule has 0 aliphatic heterocycles. The van der Waals surface area contributed by atoms with Gasteiger partial charge in [0.15, 0.2) is 0 Å². The standard InChI is InChI=1S/C15H17N3O3/c1-10-12(20-2)6-5-11(14(10)21-3)9-13(19)18-15-16-7-4-8-17-15/h4-8H,9H2,1-3H3,(H,16,17,18,19). The molecule has 2 aromatic rings. The Bertz CT molecular complexity index is 630. The lowest BCUT2D eigenvalue weighted by molar-refractivity contribution is -0.115. The van der Waals surface area contributed by atoms with Crippen molar-refractivity contribution in [2.24, 2.45) is 0 Å². The van der Waals surface area contributed by atoms with Crippen LogP contribution in [0.15, 0.2) is 30.6 Å². The van der Waals surface area contributed by atoms with Gasteiger partial charge in [-0.05, 0) is 19.1 Å². The number of hydrogen-bond acceptors (Lipinski definition) is 5. The maximum absolute atomic E-state index is 12.0. The Morgan fingerprint density at radius 3 is 2.52 bits per heavy atom. The van der Waals surface area contributed by atoms with Crippen LogP contribution < -0.4 is 14.8 Å². The lowest BCUT2D eigenvalue weighted by Gasteiger charge is -2.14. The minimum Gasteiger partial charge on any atom is -0.496 e. The van der Waals surface area contributed by atoms with Gasteiger partial charge in [0.2, 0.25) is 11.9 Å². The van der Waals surface area contributed by atoms with E-state index in [4.69, 9.17) is 9.47 Å². The van der Waals surface area contributed by atoms with Crippen LogP contribution in [-0.2, 0) is 11.2 Å². The summed E-state index contributed by atoms with van der Waals surface area (Å²) in [5.41, 5.74) is 1.64. The summed E-state index contributed by atoms with van der Waals surface area (Å²) in [7, 11) is 3.17. The highest BCUT2D eigenvalue weighted by Crippen LogP contribution is 2.31. The summed E-state index contributed by atoms with van der Waals surface area (Å²) < 4.78 is 10.6. The molecule has 110 valence electrons. The highest BCUT2D eigenvalue weighted by Gasteiger charge is 2.14. The molecule has 6 heteroatoms. The summed E-state index contributed by atoms with van der Waals surface area (Å²) in [4.78, 5) is 19.9. The van der Waals surface area contributed by atoms with E-state index >= 15 is 0 Å². The molecule has 0 atom stereocenters. The molecular formula is C15H17N3O3. The highest BCUT2D eigenvalue weighted by molar-refractivity contribution is 5.91. The van der Waals surface area contributed by atoms with Gasteiger partial charge in [0, 0.05) is 23.5 Å². The van der Waals surface area contributed by atoms with Crippen LogP contribution in [0.4, 0.5) is 5.95 Å². The molecule has 1 aromatic carbocycles. The topological polar surface area (TPSA) is 73.3 Å². The zero-order valence-corrected chi connectivity index (χ0v) is 12.2. The molecule has 0 aliphatic rings. The predicted molar refractivity (Wildman–Crippen MR) is 78.6 cm³/mol. The van der Waals surface area contributed by atoms with Crippen LogP contribution in [-0.4, -0.2) is 30.1 Å². The van der Waals surface area contributed by atoms with Crippen LogP contribution in [0.2, 0.25) is 0 Å². The molecule has 6 nitrogen and oxygen atoms in total. The summed E-state index contributed by atoms with van der Waals surface area (Å²) in [5, 5.41) is 2.64. The van der Waals surface area contributed by atoms with Crippen LogP contribution >= 0.6 is 0 Å². The number of carbonyl (C=O) groups is 1. The number of rotatable bonds is 5. The third-order valence-corrected chi connectivity index (χ3v) is 3.03. The van der Waals surface area contributed by atoms with E-state index in [2.05, 4.69) is 15.3 Å². The average molecular weight is 287 g/mol. The molecule has 0 spiro atoms. The molecule has 1 amide bonds. The molecule has 1 N–H and O–H groups in total. The van der Waals surface area contributed by atoms with E-state index in [1.807, 2.05) is 19.1 Å². The Morgan fingerprint density at radius 2 is 1.90 bits per heavy atom. The normalized spacial score (nSPS) is 10.0. The van der Waals surface area contributed by atoms with Crippen molar-refractivity contribution in [3.63, 3.8) is 0 Å². The molecule has 1 aromatic heterocycles. The Hall–Kier alpha value is -2.63. The molecule has 0 saturated carbocycles. The molecule has 2 rings (SSSR count). The van der Waals surface area contributed by atoms with Crippen LogP contribution in [0, 0.1) is 6.92 Å². The van der Waals surface area contributed by atoms with Gasteiger partial charge in [-0.2, -0.15) is 0 Å². The van der Waals surface area contributed by atoms with Gasteiger partial charge in [0.05, 0.1) is 20.6 Å². The lowest BCUT2D eigenvalue weighted by atomic mass is 10.1. The van der Waals surface area contributed by atoms with Gasteiger partial charge in [-0.1, -0.05) is 6.07 Å². The predicted octanol–water partition coefficient (Wildman–Crippen LogP) is 1.98. The number of aromatic nitrogens is 2. The molecule has 0 aliphatic carbocycles. The number of anilines is 1. The molecule has 0 unspecified atom stereocenters. The van der Waals surface area contributed by atoms with E-state index in [1.54, 1.807) is 32.7 Å². The molecule has 21 heavy (non-hydrogen) atoms. The van der Waals surface area contributed by atoms with Gasteiger partial charge in [-0.3, -0.25) is 10.1 Å². The Kier molecular flexibility index (Phi) is 4.71. The van der Waals surface area contributed by atoms with Crippen molar-refractivity contribution in [1.82, 2.24) is 9.97 Å². The van der Waals surface area contributed by atoms with Crippen molar-refractivity contribution >= 4 is 11.9 Å². The van der Waals surface area contributed by atoms with E-state index in [1.165, 1.54) is 0 Å². The van der Waals surface area contributed by atoms with E-state index in [9.17, 15) is 4.79 Å². The summed E-state index contributed by atoms with van der Waals surface area (Å²) >= 11 is 0. The molecule has 0 bridgehead atoms. The monoisotopic (exact) mass is 287 g/mol. The van der Waals surface area contributed by atoms with E-state index in [-0.39, 0.29) is 18.3 Å². The fourth-order valence-electron chi connectivity index (χ4n) is 2.08.